The van der Waals surface area contributed by atoms with Crippen LogP contribution in [0.25, 0.3) is 0 Å². The second kappa shape index (κ2) is 8.17. The molecular weight excluding hydrogens is 318 g/mol. The molecule has 2 amide bonds. The SMILES string of the molecule is COc1ccc(Cl)cc1NC(=O)CCNC(=O)[C@@H](N)C(C)(C)C. The monoisotopic (exact) mass is 341 g/mol. The van der Waals surface area contributed by atoms with E-state index in [1.165, 1.54) is 7.11 Å². The van der Waals surface area contributed by atoms with Crippen LogP contribution in [0.2, 0.25) is 5.02 Å². The standard InChI is InChI=1S/C16H24ClN3O3/c1-16(2,3)14(18)15(22)19-8-7-13(21)20-11-9-10(17)5-6-12(11)23-4/h5-6,9,14H,7-8,18H2,1-4H3,(H,19,22)(H,20,21)/t14-/m1/s1. The smallest absolute Gasteiger partial charge is 0.237 e. The zero-order valence-electron chi connectivity index (χ0n) is 13.9. The average molecular weight is 342 g/mol. The molecule has 1 rings (SSSR count). The molecule has 0 heterocycles. The van der Waals surface area contributed by atoms with E-state index in [-0.39, 0.29) is 30.2 Å². The molecule has 1 aromatic rings. The van der Waals surface area contributed by atoms with Crippen LogP contribution in [0, 0.1) is 5.41 Å². The highest BCUT2D eigenvalue weighted by Crippen LogP contribution is 2.27. The van der Waals surface area contributed by atoms with Gasteiger partial charge in [0.1, 0.15) is 5.75 Å². The van der Waals surface area contributed by atoms with Gasteiger partial charge in [0, 0.05) is 18.0 Å². The lowest BCUT2D eigenvalue weighted by molar-refractivity contribution is -0.124. The van der Waals surface area contributed by atoms with Gasteiger partial charge in [-0.2, -0.15) is 0 Å². The maximum absolute atomic E-state index is 11.9. The van der Waals surface area contributed by atoms with E-state index >= 15 is 0 Å². The summed E-state index contributed by atoms with van der Waals surface area (Å²) >= 11 is 5.90. The summed E-state index contributed by atoms with van der Waals surface area (Å²) in [6.45, 7) is 5.86. The molecule has 0 spiro atoms. The van der Waals surface area contributed by atoms with Gasteiger partial charge in [0.15, 0.2) is 0 Å². The Kier molecular flexibility index (Phi) is 6.84. The van der Waals surface area contributed by atoms with Gasteiger partial charge in [-0.3, -0.25) is 9.59 Å². The molecule has 0 fully saturated rings. The van der Waals surface area contributed by atoms with Crippen molar-refractivity contribution < 1.29 is 14.3 Å². The fourth-order valence-electron chi connectivity index (χ4n) is 1.79. The number of rotatable bonds is 6. The molecule has 6 nitrogen and oxygen atoms in total. The minimum absolute atomic E-state index is 0.123. The van der Waals surface area contributed by atoms with Crippen LogP contribution in [-0.2, 0) is 9.59 Å². The number of hydrogen-bond acceptors (Lipinski definition) is 4. The van der Waals surface area contributed by atoms with Crippen molar-refractivity contribution in [1.82, 2.24) is 5.32 Å². The third kappa shape index (κ3) is 6.08. The van der Waals surface area contributed by atoms with E-state index in [1.54, 1.807) is 18.2 Å². The van der Waals surface area contributed by atoms with Gasteiger partial charge >= 0.3 is 0 Å². The molecule has 0 unspecified atom stereocenters. The zero-order chi connectivity index (χ0) is 17.6. The minimum Gasteiger partial charge on any atom is -0.495 e. The van der Waals surface area contributed by atoms with Crippen LogP contribution in [0.4, 0.5) is 5.69 Å². The van der Waals surface area contributed by atoms with Crippen molar-refractivity contribution in [3.05, 3.63) is 23.2 Å². The van der Waals surface area contributed by atoms with Crippen LogP contribution in [0.1, 0.15) is 27.2 Å². The molecule has 0 saturated carbocycles. The molecule has 1 atom stereocenters. The topological polar surface area (TPSA) is 93.5 Å². The maximum atomic E-state index is 11.9. The number of anilines is 1. The first-order chi connectivity index (χ1) is 10.6. The van der Waals surface area contributed by atoms with Crippen molar-refractivity contribution in [2.75, 3.05) is 19.0 Å². The molecular formula is C16H24ClN3O3. The number of benzene rings is 1. The van der Waals surface area contributed by atoms with Crippen molar-refractivity contribution in [3.8, 4) is 5.75 Å². The van der Waals surface area contributed by atoms with E-state index in [0.717, 1.165) is 0 Å². The van der Waals surface area contributed by atoms with E-state index in [4.69, 9.17) is 22.1 Å². The molecule has 4 N–H and O–H groups in total. The fourth-order valence-corrected chi connectivity index (χ4v) is 1.97. The Bertz CT molecular complexity index is 570. The number of amides is 2. The molecule has 23 heavy (non-hydrogen) atoms. The summed E-state index contributed by atoms with van der Waals surface area (Å²) in [6.07, 6.45) is 0.123. The van der Waals surface area contributed by atoms with Gasteiger partial charge in [-0.15, -0.1) is 0 Å². The molecule has 0 saturated heterocycles. The summed E-state index contributed by atoms with van der Waals surface area (Å²) in [7, 11) is 1.51. The molecule has 128 valence electrons. The number of nitrogens with two attached hydrogens (primary N) is 1. The Hall–Kier alpha value is -1.79. The predicted octanol–water partition coefficient (Wildman–Crippen LogP) is 2.17. The second-order valence-corrected chi connectivity index (χ2v) is 6.71. The second-order valence-electron chi connectivity index (χ2n) is 6.28. The number of carbonyl (C=O) groups excluding carboxylic acids is 2. The van der Waals surface area contributed by atoms with Crippen molar-refractivity contribution >= 4 is 29.1 Å². The summed E-state index contributed by atoms with van der Waals surface area (Å²) in [6, 6.07) is 4.32. The average Bonchev–Trinajstić information content (AvgIpc) is 2.45. The van der Waals surface area contributed by atoms with Crippen molar-refractivity contribution in [1.29, 1.82) is 0 Å². The molecule has 0 bridgehead atoms. The molecule has 0 aliphatic carbocycles. The lowest BCUT2D eigenvalue weighted by Gasteiger charge is -2.25. The van der Waals surface area contributed by atoms with E-state index in [0.29, 0.717) is 16.5 Å². The fraction of sp³-hybridized carbons (Fsp3) is 0.500. The van der Waals surface area contributed by atoms with Gasteiger partial charge in [-0.1, -0.05) is 32.4 Å². The largest absolute Gasteiger partial charge is 0.495 e. The van der Waals surface area contributed by atoms with Gasteiger partial charge in [0.2, 0.25) is 11.8 Å². The first-order valence-electron chi connectivity index (χ1n) is 7.32. The van der Waals surface area contributed by atoms with Crippen LogP contribution in [0.3, 0.4) is 0 Å². The maximum Gasteiger partial charge on any atom is 0.237 e. The highest BCUT2D eigenvalue weighted by molar-refractivity contribution is 6.31. The Labute approximate surface area is 141 Å². The van der Waals surface area contributed by atoms with Crippen LogP contribution in [0.15, 0.2) is 18.2 Å². The summed E-state index contributed by atoms with van der Waals surface area (Å²) in [5.41, 5.74) is 6.00. The quantitative estimate of drug-likeness (QED) is 0.739. The van der Waals surface area contributed by atoms with Crippen molar-refractivity contribution in [3.63, 3.8) is 0 Å². The van der Waals surface area contributed by atoms with Crippen LogP contribution in [-0.4, -0.2) is 31.5 Å². The molecule has 0 radical (unpaired) electrons. The van der Waals surface area contributed by atoms with E-state index in [1.807, 2.05) is 20.8 Å². The van der Waals surface area contributed by atoms with E-state index in [2.05, 4.69) is 10.6 Å². The normalized spacial score (nSPS) is 12.4. The first kappa shape index (κ1) is 19.3. The lowest BCUT2D eigenvalue weighted by atomic mass is 9.87. The Morgan fingerprint density at radius 1 is 1.35 bits per heavy atom. The van der Waals surface area contributed by atoms with Gasteiger partial charge in [0.05, 0.1) is 18.8 Å². The van der Waals surface area contributed by atoms with Crippen LogP contribution >= 0.6 is 11.6 Å². The number of nitrogens with one attached hydrogen (secondary N) is 2. The summed E-state index contributed by atoms with van der Waals surface area (Å²) < 4.78 is 5.15. The highest BCUT2D eigenvalue weighted by atomic mass is 35.5. The zero-order valence-corrected chi connectivity index (χ0v) is 14.7. The van der Waals surface area contributed by atoms with Crippen molar-refractivity contribution in [2.24, 2.45) is 11.1 Å². The molecule has 0 aromatic heterocycles. The Morgan fingerprint density at radius 2 is 2.00 bits per heavy atom. The number of carbonyl (C=O) groups is 2. The number of halogens is 1. The summed E-state index contributed by atoms with van der Waals surface area (Å²) in [5, 5.41) is 5.86. The van der Waals surface area contributed by atoms with Crippen LogP contribution in [0.5, 0.6) is 5.75 Å². The molecule has 7 heteroatoms. The van der Waals surface area contributed by atoms with Gasteiger partial charge in [-0.05, 0) is 23.6 Å². The van der Waals surface area contributed by atoms with E-state index in [9.17, 15) is 9.59 Å². The Balaban J connectivity index is 2.50. The van der Waals surface area contributed by atoms with Gasteiger partial charge < -0.3 is 21.1 Å². The Morgan fingerprint density at radius 3 is 2.57 bits per heavy atom. The summed E-state index contributed by atoms with van der Waals surface area (Å²) in [5.74, 6) is -0.0117. The number of methoxy groups -OCH3 is 1. The highest BCUT2D eigenvalue weighted by Gasteiger charge is 2.27. The van der Waals surface area contributed by atoms with E-state index < -0.39 is 6.04 Å². The molecule has 1 aromatic carbocycles. The first-order valence-corrected chi connectivity index (χ1v) is 7.69. The summed E-state index contributed by atoms with van der Waals surface area (Å²) in [4.78, 5) is 23.8. The number of ether oxygens (including phenoxy) is 1. The molecule has 0 aliphatic heterocycles. The third-order valence-corrected chi connectivity index (χ3v) is 3.54. The minimum atomic E-state index is -0.626. The molecule has 0 aliphatic rings. The lowest BCUT2D eigenvalue weighted by Crippen LogP contribution is -2.49. The number of hydrogen-bond donors (Lipinski definition) is 3. The van der Waals surface area contributed by atoms with Crippen LogP contribution < -0.4 is 21.1 Å². The van der Waals surface area contributed by atoms with Gasteiger partial charge in [0.25, 0.3) is 0 Å². The third-order valence-electron chi connectivity index (χ3n) is 3.30. The predicted molar refractivity (Wildman–Crippen MR) is 91.7 cm³/mol. The van der Waals surface area contributed by atoms with Gasteiger partial charge in [-0.25, -0.2) is 0 Å². The van der Waals surface area contributed by atoms with Crippen molar-refractivity contribution in [2.45, 2.75) is 33.2 Å².